The lowest BCUT2D eigenvalue weighted by Crippen LogP contribution is -2.42. The van der Waals surface area contributed by atoms with Crippen molar-refractivity contribution in [2.75, 3.05) is 19.6 Å². The van der Waals surface area contributed by atoms with Gasteiger partial charge >= 0.3 is 0 Å². The number of piperidine rings is 1. The van der Waals surface area contributed by atoms with Crippen LogP contribution in [0.1, 0.15) is 77.0 Å². The maximum absolute atomic E-state index is 12.6. The second kappa shape index (κ2) is 9.45. The average molecular weight is 352 g/mol. The topological polar surface area (TPSA) is 66.8 Å². The van der Waals surface area contributed by atoms with Crippen LogP contribution in [-0.4, -0.2) is 46.8 Å². The van der Waals surface area contributed by atoms with E-state index in [0.29, 0.717) is 19.4 Å². The molecule has 3 fully saturated rings. The monoisotopic (exact) mass is 351 g/mol. The van der Waals surface area contributed by atoms with E-state index in [1.807, 2.05) is 0 Å². The summed E-state index contributed by atoms with van der Waals surface area (Å²) in [6.45, 7) is 2.64. The Kier molecular flexibility index (Phi) is 7.28. The van der Waals surface area contributed by atoms with Gasteiger partial charge < -0.3 is 10.4 Å². The van der Waals surface area contributed by atoms with Gasteiger partial charge in [0.1, 0.15) is 5.78 Å². The van der Waals surface area contributed by atoms with Gasteiger partial charge in [-0.25, -0.2) is 0 Å². The molecule has 0 bridgehead atoms. The van der Waals surface area contributed by atoms with E-state index in [0.717, 1.165) is 37.8 Å². The lowest BCUT2D eigenvalue weighted by Gasteiger charge is -2.38. The molecular weight excluding hydrogens is 316 g/mol. The molecule has 0 spiro atoms. The van der Waals surface area contributed by atoms with Crippen LogP contribution in [0.15, 0.2) is 0 Å². The van der Waals surface area contributed by atoms with Gasteiger partial charge in [0.25, 0.3) is 0 Å². The van der Waals surface area contributed by atoms with Crippen molar-refractivity contribution in [2.45, 2.75) is 83.1 Å². The first-order chi connectivity index (χ1) is 12.1. The number of hydrogen-bond acceptors (Lipinski definition) is 5. The lowest BCUT2D eigenvalue weighted by atomic mass is 9.79. The highest BCUT2D eigenvalue weighted by Crippen LogP contribution is 2.33. The molecule has 5 heteroatoms. The lowest BCUT2D eigenvalue weighted by molar-refractivity contribution is -0.130. The molecule has 2 aliphatic carbocycles. The zero-order chi connectivity index (χ0) is 17.6. The van der Waals surface area contributed by atoms with Crippen molar-refractivity contribution in [2.24, 2.45) is 17.8 Å². The first-order valence-electron chi connectivity index (χ1n) is 10.5. The fraction of sp³-hybridized carbons (Fsp3) is 0.950. The number of Topliss-reactive ketones (excluding diaryl/α,β-unsaturated/α-hetero) is 1. The Morgan fingerprint density at radius 1 is 0.960 bits per heavy atom. The van der Waals surface area contributed by atoms with Crippen LogP contribution in [0.5, 0.6) is 0 Å². The van der Waals surface area contributed by atoms with E-state index in [4.69, 9.17) is 5.21 Å². The van der Waals surface area contributed by atoms with Crippen LogP contribution in [0.25, 0.3) is 0 Å². The fourth-order valence-corrected chi connectivity index (χ4v) is 5.28. The van der Waals surface area contributed by atoms with Crippen LogP contribution < -0.4 is 0 Å². The van der Waals surface area contributed by atoms with Crippen LogP contribution in [0.2, 0.25) is 0 Å². The molecule has 25 heavy (non-hydrogen) atoms. The first-order valence-corrected chi connectivity index (χ1v) is 10.5. The van der Waals surface area contributed by atoms with Gasteiger partial charge in [0.05, 0.1) is 6.54 Å². The quantitative estimate of drug-likeness (QED) is 0.733. The van der Waals surface area contributed by atoms with Gasteiger partial charge in [-0.1, -0.05) is 38.5 Å². The molecule has 0 amide bonds. The Morgan fingerprint density at radius 3 is 2.32 bits per heavy atom. The zero-order valence-corrected chi connectivity index (χ0v) is 15.6. The predicted octanol–water partition coefficient (Wildman–Crippen LogP) is 3.99. The molecule has 1 saturated heterocycles. The molecule has 1 heterocycles. The van der Waals surface area contributed by atoms with Crippen LogP contribution in [-0.2, 0) is 4.79 Å². The molecule has 1 aliphatic heterocycles. The average Bonchev–Trinajstić information content (AvgIpc) is 2.64. The first kappa shape index (κ1) is 19.3. The highest BCUT2D eigenvalue weighted by atomic mass is 16.8. The molecule has 0 aromatic heterocycles. The van der Waals surface area contributed by atoms with Gasteiger partial charge in [0.2, 0.25) is 0 Å². The number of rotatable bonds is 6. The summed E-state index contributed by atoms with van der Waals surface area (Å²) in [6, 6.07) is -0.385. The predicted molar refractivity (Wildman–Crippen MR) is 98.1 cm³/mol. The molecule has 0 radical (unpaired) electrons. The van der Waals surface area contributed by atoms with Gasteiger partial charge in [-0.2, -0.15) is 0 Å². The van der Waals surface area contributed by atoms with Crippen LogP contribution in [0.3, 0.4) is 0 Å². The summed E-state index contributed by atoms with van der Waals surface area (Å²) in [7, 11) is 0. The third-order valence-corrected chi connectivity index (χ3v) is 6.89. The molecule has 3 aliphatic rings. The maximum atomic E-state index is 12.6. The normalized spacial score (nSPS) is 30.7. The van der Waals surface area contributed by atoms with Crippen LogP contribution in [0.4, 0.5) is 0 Å². The smallest absolute Gasteiger partial charge is 0.149 e. The number of carbonyl (C=O) groups is 1. The highest BCUT2D eigenvalue weighted by Gasteiger charge is 2.30. The second-order valence-corrected chi connectivity index (χ2v) is 8.75. The van der Waals surface area contributed by atoms with E-state index in [-0.39, 0.29) is 23.0 Å². The number of likely N-dealkylation sites (tertiary alicyclic amines) is 1. The number of carbonyl (C=O) groups excluding carboxylic acids is 1. The third kappa shape index (κ3) is 5.75. The summed E-state index contributed by atoms with van der Waals surface area (Å²) >= 11 is 0. The van der Waals surface area contributed by atoms with E-state index < -0.39 is 0 Å². The summed E-state index contributed by atoms with van der Waals surface area (Å²) in [5, 5.41) is 20.3. The standard InChI is InChI=1S/C20H35N2O3/c23-20(18-7-4-8-19(14-18)22(24)25)15-21-11-9-17(10-12-21)13-16-5-2-1-3-6-16/h16-19,24H,1-15H2/q-1. The second-order valence-electron chi connectivity index (χ2n) is 8.75. The molecule has 1 N–H and O–H groups in total. The van der Waals surface area contributed by atoms with E-state index in [1.54, 1.807) is 0 Å². The summed E-state index contributed by atoms with van der Waals surface area (Å²) in [5.74, 6) is 2.05. The Morgan fingerprint density at radius 2 is 1.64 bits per heavy atom. The van der Waals surface area contributed by atoms with Gasteiger partial charge in [-0.05, 0) is 63.5 Å². The molecular formula is C20H35N2O3-. The maximum Gasteiger partial charge on any atom is 0.149 e. The molecule has 2 saturated carbocycles. The molecule has 0 aromatic carbocycles. The Bertz CT molecular complexity index is 415. The minimum Gasteiger partial charge on any atom is -0.762 e. The van der Waals surface area contributed by atoms with Gasteiger partial charge in [0, 0.05) is 12.0 Å². The Hall–Kier alpha value is -0.490. The molecule has 2 atom stereocenters. The minimum atomic E-state index is -0.385. The molecule has 5 nitrogen and oxygen atoms in total. The van der Waals surface area contributed by atoms with E-state index in [2.05, 4.69) is 4.90 Å². The molecule has 3 rings (SSSR count). The highest BCUT2D eigenvalue weighted by molar-refractivity contribution is 5.83. The van der Waals surface area contributed by atoms with Gasteiger partial charge in [0.15, 0.2) is 0 Å². The van der Waals surface area contributed by atoms with Crippen molar-refractivity contribution in [1.82, 2.24) is 10.1 Å². The fourth-order valence-electron chi connectivity index (χ4n) is 5.28. The van der Waals surface area contributed by atoms with E-state index in [1.165, 1.54) is 51.4 Å². The van der Waals surface area contributed by atoms with Crippen LogP contribution in [0, 0.1) is 23.0 Å². The van der Waals surface area contributed by atoms with E-state index in [9.17, 15) is 10.0 Å². The van der Waals surface area contributed by atoms with Crippen molar-refractivity contribution in [1.29, 1.82) is 0 Å². The summed E-state index contributed by atoms with van der Waals surface area (Å²) in [4.78, 5) is 14.9. The molecule has 2 unspecified atom stereocenters. The minimum absolute atomic E-state index is 0.0395. The zero-order valence-electron chi connectivity index (χ0n) is 15.6. The van der Waals surface area contributed by atoms with Crippen molar-refractivity contribution in [3.05, 3.63) is 5.21 Å². The van der Waals surface area contributed by atoms with E-state index >= 15 is 0 Å². The summed E-state index contributed by atoms with van der Waals surface area (Å²) < 4.78 is 0. The summed E-state index contributed by atoms with van der Waals surface area (Å²) in [5.41, 5.74) is 0. The Balaban J connectivity index is 1.37. The van der Waals surface area contributed by atoms with Crippen LogP contribution >= 0.6 is 0 Å². The largest absolute Gasteiger partial charge is 0.762 e. The van der Waals surface area contributed by atoms with Gasteiger partial charge in [-0.3, -0.25) is 14.9 Å². The molecule has 144 valence electrons. The molecule has 0 aromatic rings. The Labute approximate surface area is 152 Å². The van der Waals surface area contributed by atoms with Crippen molar-refractivity contribution in [3.63, 3.8) is 0 Å². The van der Waals surface area contributed by atoms with Crippen molar-refractivity contribution in [3.8, 4) is 0 Å². The number of ketones is 1. The number of nitrogens with zero attached hydrogens (tertiary/aromatic N) is 2. The summed E-state index contributed by atoms with van der Waals surface area (Å²) in [6.07, 6.45) is 14.0. The number of hydroxylamine groups is 2. The number of hydrogen-bond donors (Lipinski definition) is 1. The van der Waals surface area contributed by atoms with Gasteiger partial charge in [-0.15, -0.1) is 0 Å². The van der Waals surface area contributed by atoms with Crippen molar-refractivity contribution < 1.29 is 10.0 Å². The SMILES string of the molecule is O=C(CN1CCC(CC2CCCCC2)CC1)C1CCCC(N([O-])O)C1. The van der Waals surface area contributed by atoms with Crippen molar-refractivity contribution >= 4 is 5.78 Å². The third-order valence-electron chi connectivity index (χ3n) is 6.89.